The molecule has 6 heterocycles. The monoisotopic (exact) mass is 1130 g/mol. The molecule has 3 aliphatic rings. The SMILES string of the molecule is CCCCOc1nc(N)c2[nH]c(=O)n(Cc3ccc(CN4CCC(c5nnc6n5CCN(C(=O)OCc5ccc(O[C@@H]7O[C@H](C(=O)OC)[C@@H](OC(C)=O)[C@H](OC(C)=O)[C@H]7OC(C)=O)c(CNC(=O)OC(C)(C)C)c5)C6)CC4)cc3)c2n1. The summed E-state index contributed by atoms with van der Waals surface area (Å²) in [4.78, 5) is 105. The zero-order valence-electron chi connectivity index (χ0n) is 46.6. The number of nitrogen functional groups attached to an aromatic ring is 1. The third-order valence-corrected chi connectivity index (χ3v) is 13.5. The van der Waals surface area contributed by atoms with Gasteiger partial charge in [-0.1, -0.05) is 43.7 Å². The molecule has 4 N–H and O–H groups in total. The molecule has 0 aliphatic carbocycles. The number of nitrogens with one attached hydrogen (secondary N) is 2. The Morgan fingerprint density at radius 2 is 1.51 bits per heavy atom. The summed E-state index contributed by atoms with van der Waals surface area (Å²) >= 11 is 0. The molecule has 2 fully saturated rings. The van der Waals surface area contributed by atoms with Gasteiger partial charge in [0.15, 0.2) is 35.6 Å². The Labute approximate surface area is 466 Å². The summed E-state index contributed by atoms with van der Waals surface area (Å²) in [7, 11) is 1.07. The number of methoxy groups -OCH3 is 1. The lowest BCUT2D eigenvalue weighted by molar-refractivity contribution is -0.282. The second-order valence-electron chi connectivity index (χ2n) is 20.9. The maximum Gasteiger partial charge on any atom is 0.410 e. The highest BCUT2D eigenvalue weighted by molar-refractivity contribution is 5.82. The standard InChI is InChI=1S/C54H69N11O16/c1-9-10-23-74-50-58-45(55)40-47(59-50)65(51(70)57-40)27-34-13-11-33(12-14-34)26-62-19-17-36(18-20-62)46-61-60-39-28-63(21-22-64(39)46)53(72)75-29-35-15-16-38(37(24-35)25-56-52(71)81-54(5,6)7)79-49-44(78-32(4)68)42(77-31(3)67)41(76-30(2)66)43(80-49)48(69)73-8/h11-16,24,36,41-44,49H,9-10,17-23,25-29H2,1-8H3,(H,56,71)(H,57,70)(H2,55,58,59)/t41-,42-,43-,44+,49+/m0/s1. The summed E-state index contributed by atoms with van der Waals surface area (Å²) < 4.78 is 54.1. The fraction of sp³-hybridized carbons (Fsp3) is 0.537. The molecular formula is C54H69N11O16. The highest BCUT2D eigenvalue weighted by atomic mass is 16.7. The van der Waals surface area contributed by atoms with Crippen molar-refractivity contribution >= 4 is 53.0 Å². The number of piperidine rings is 1. The molecule has 0 saturated carbocycles. The van der Waals surface area contributed by atoms with Gasteiger partial charge >= 0.3 is 47.8 Å². The van der Waals surface area contributed by atoms with Crippen molar-refractivity contribution in [2.24, 2.45) is 0 Å². The van der Waals surface area contributed by atoms with Gasteiger partial charge in [0.1, 0.15) is 29.3 Å². The molecule has 0 radical (unpaired) electrons. The number of aromatic amines is 1. The third kappa shape index (κ3) is 14.9. The number of rotatable bonds is 19. The number of H-pyrrole nitrogens is 1. The number of nitrogens with two attached hydrogens (primary N) is 1. The first-order chi connectivity index (χ1) is 38.7. The van der Waals surface area contributed by atoms with Crippen LogP contribution in [0.3, 0.4) is 0 Å². The van der Waals surface area contributed by atoms with Crippen molar-refractivity contribution < 1.29 is 71.4 Å². The molecule has 27 heteroatoms. The van der Waals surface area contributed by atoms with Crippen LogP contribution in [0, 0.1) is 0 Å². The van der Waals surface area contributed by atoms with Gasteiger partial charge in [0, 0.05) is 58.4 Å². The first kappa shape index (κ1) is 58.8. The Morgan fingerprint density at radius 1 is 0.840 bits per heavy atom. The van der Waals surface area contributed by atoms with Gasteiger partial charge in [0.25, 0.3) is 0 Å². The number of fused-ring (bicyclic) bond motifs is 2. The van der Waals surface area contributed by atoms with Crippen LogP contribution in [0.4, 0.5) is 15.4 Å². The van der Waals surface area contributed by atoms with Crippen LogP contribution in [-0.2, 0) is 91.7 Å². The van der Waals surface area contributed by atoms with E-state index in [4.69, 9.17) is 48.4 Å². The first-order valence-corrected chi connectivity index (χ1v) is 26.7. The molecule has 81 heavy (non-hydrogen) atoms. The number of nitrogens with zero attached hydrogens (tertiary/aromatic N) is 8. The summed E-state index contributed by atoms with van der Waals surface area (Å²) in [6, 6.07) is 13.0. The van der Waals surface area contributed by atoms with Gasteiger partial charge < -0.3 is 63.2 Å². The topological polar surface area (TPSA) is 324 Å². The van der Waals surface area contributed by atoms with E-state index >= 15 is 0 Å². The second-order valence-corrected chi connectivity index (χ2v) is 20.9. The molecule has 3 aliphatic heterocycles. The summed E-state index contributed by atoms with van der Waals surface area (Å²) in [6.45, 7) is 14.1. The Morgan fingerprint density at radius 3 is 2.17 bits per heavy atom. The van der Waals surface area contributed by atoms with E-state index in [9.17, 15) is 33.6 Å². The number of unbranched alkanes of at least 4 members (excludes halogenated alkanes) is 1. The van der Waals surface area contributed by atoms with E-state index in [2.05, 4.69) is 59.0 Å². The number of aromatic nitrogens is 7. The van der Waals surface area contributed by atoms with Crippen molar-refractivity contribution in [1.29, 1.82) is 0 Å². The number of imidazole rings is 1. The lowest BCUT2D eigenvalue weighted by Crippen LogP contribution is -2.64. The number of hydrogen-bond acceptors (Lipinski definition) is 22. The van der Waals surface area contributed by atoms with E-state index in [0.29, 0.717) is 54.4 Å². The minimum Gasteiger partial charge on any atom is -0.467 e. The zero-order valence-corrected chi connectivity index (χ0v) is 46.6. The van der Waals surface area contributed by atoms with E-state index in [1.165, 1.54) is 10.6 Å². The molecule has 0 spiro atoms. The number of amides is 2. The fourth-order valence-electron chi connectivity index (χ4n) is 9.72. The lowest BCUT2D eigenvalue weighted by Gasteiger charge is -2.43. The predicted molar refractivity (Wildman–Crippen MR) is 284 cm³/mol. The highest BCUT2D eigenvalue weighted by Crippen LogP contribution is 2.34. The number of carbonyl (C=O) groups excluding carboxylic acids is 6. The number of anilines is 1. The van der Waals surface area contributed by atoms with Crippen LogP contribution < -0.4 is 26.2 Å². The molecule has 5 aromatic rings. The number of carbonyl (C=O) groups is 6. The Bertz CT molecular complexity index is 3150. The summed E-state index contributed by atoms with van der Waals surface area (Å²) in [5, 5.41) is 11.8. The minimum absolute atomic E-state index is 0.0344. The number of hydrogen-bond donors (Lipinski definition) is 3. The highest BCUT2D eigenvalue weighted by Gasteiger charge is 2.56. The molecule has 2 saturated heterocycles. The van der Waals surface area contributed by atoms with Crippen molar-refractivity contribution in [3.8, 4) is 11.8 Å². The van der Waals surface area contributed by atoms with Crippen molar-refractivity contribution in [1.82, 2.24) is 49.4 Å². The summed E-state index contributed by atoms with van der Waals surface area (Å²) in [6.07, 6.45) is -6.06. The van der Waals surface area contributed by atoms with Crippen LogP contribution >= 0.6 is 0 Å². The number of benzene rings is 2. The largest absolute Gasteiger partial charge is 0.467 e. The van der Waals surface area contributed by atoms with Crippen LogP contribution in [0.5, 0.6) is 11.8 Å². The second kappa shape index (κ2) is 25.9. The van der Waals surface area contributed by atoms with Gasteiger partial charge in [-0.15, -0.1) is 10.2 Å². The first-order valence-electron chi connectivity index (χ1n) is 26.7. The Kier molecular flexibility index (Phi) is 18.8. The minimum atomic E-state index is -1.72. The van der Waals surface area contributed by atoms with Crippen molar-refractivity contribution in [2.75, 3.05) is 39.1 Å². The number of alkyl carbamates (subject to hydrolysis) is 1. The Hall–Kier alpha value is -8.33. The average molecular weight is 1130 g/mol. The van der Waals surface area contributed by atoms with Crippen LogP contribution in [0.25, 0.3) is 11.2 Å². The molecule has 436 valence electrons. The molecule has 2 amide bonds. The van der Waals surface area contributed by atoms with Gasteiger partial charge in [-0.3, -0.25) is 28.8 Å². The van der Waals surface area contributed by atoms with E-state index in [1.54, 1.807) is 37.8 Å². The maximum absolute atomic E-state index is 13.6. The van der Waals surface area contributed by atoms with E-state index in [-0.39, 0.29) is 48.9 Å². The smallest absolute Gasteiger partial charge is 0.410 e. The molecule has 0 unspecified atom stereocenters. The molecule has 27 nitrogen and oxygen atoms in total. The average Bonchev–Trinajstić information content (AvgIpc) is 4.17. The molecule has 0 bridgehead atoms. The van der Waals surface area contributed by atoms with Gasteiger partial charge in [0.05, 0.1) is 26.8 Å². The third-order valence-electron chi connectivity index (χ3n) is 13.5. The number of esters is 4. The van der Waals surface area contributed by atoms with Crippen molar-refractivity contribution in [3.63, 3.8) is 0 Å². The van der Waals surface area contributed by atoms with Crippen LogP contribution in [0.1, 0.15) is 114 Å². The van der Waals surface area contributed by atoms with E-state index < -0.39 is 72.4 Å². The fourth-order valence-corrected chi connectivity index (χ4v) is 9.72. The van der Waals surface area contributed by atoms with E-state index in [1.807, 2.05) is 12.1 Å². The summed E-state index contributed by atoms with van der Waals surface area (Å²) in [5.41, 5.74) is 8.57. The number of ether oxygens (including phenoxy) is 9. The van der Waals surface area contributed by atoms with Gasteiger partial charge in [-0.2, -0.15) is 9.97 Å². The summed E-state index contributed by atoms with van der Waals surface area (Å²) in [5.74, 6) is -1.71. The van der Waals surface area contributed by atoms with Gasteiger partial charge in [-0.25, -0.2) is 19.2 Å². The quantitative estimate of drug-likeness (QED) is 0.0594. The molecule has 2 aromatic carbocycles. The van der Waals surface area contributed by atoms with Crippen LogP contribution in [0.2, 0.25) is 0 Å². The normalized spacial score (nSPS) is 19.5. The Balaban J connectivity index is 0.878. The molecule has 8 rings (SSSR count). The van der Waals surface area contributed by atoms with E-state index in [0.717, 1.165) is 90.1 Å². The molecular weight excluding hydrogens is 1060 g/mol. The van der Waals surface area contributed by atoms with Crippen LogP contribution in [-0.4, -0.2) is 150 Å². The predicted octanol–water partition coefficient (Wildman–Crippen LogP) is 4.15. The molecule has 5 atom stereocenters. The van der Waals surface area contributed by atoms with Gasteiger partial charge in [0.2, 0.25) is 12.4 Å². The number of likely N-dealkylation sites (tertiary alicyclic amines) is 1. The molecule has 3 aromatic heterocycles. The zero-order chi connectivity index (χ0) is 58.1. The maximum atomic E-state index is 13.6. The lowest BCUT2D eigenvalue weighted by atomic mass is 9.95. The van der Waals surface area contributed by atoms with Crippen LogP contribution in [0.15, 0.2) is 47.3 Å². The van der Waals surface area contributed by atoms with Crippen molar-refractivity contribution in [2.45, 2.75) is 156 Å². The van der Waals surface area contributed by atoms with Gasteiger partial charge in [-0.05, 0) is 81.9 Å². The van der Waals surface area contributed by atoms with Crippen molar-refractivity contribution in [3.05, 3.63) is 86.9 Å².